The van der Waals surface area contributed by atoms with E-state index in [-0.39, 0.29) is 29.9 Å². The maximum atomic E-state index is 11.7. The minimum absolute atomic E-state index is 0.0282. The monoisotopic (exact) mass is 289 g/mol. The van der Waals surface area contributed by atoms with Crippen LogP contribution in [-0.2, 0) is 10.2 Å². The fourth-order valence-electron chi connectivity index (χ4n) is 1.88. The van der Waals surface area contributed by atoms with E-state index in [4.69, 9.17) is 0 Å². The molecule has 0 unspecified atom stereocenters. The van der Waals surface area contributed by atoms with Crippen molar-refractivity contribution in [2.45, 2.75) is 45.1 Å². The van der Waals surface area contributed by atoms with Gasteiger partial charge in [0, 0.05) is 11.7 Å². The van der Waals surface area contributed by atoms with Gasteiger partial charge < -0.3 is 16.0 Å². The van der Waals surface area contributed by atoms with Crippen LogP contribution in [0.4, 0.5) is 10.5 Å². The van der Waals surface area contributed by atoms with Gasteiger partial charge in [-0.1, -0.05) is 32.9 Å². The lowest BCUT2D eigenvalue weighted by molar-refractivity contribution is -0.115. The summed E-state index contributed by atoms with van der Waals surface area (Å²) in [7, 11) is 0. The van der Waals surface area contributed by atoms with E-state index in [1.54, 1.807) is 0 Å². The Morgan fingerprint density at radius 3 is 2.29 bits per heavy atom. The first-order chi connectivity index (χ1) is 9.84. The fourth-order valence-corrected chi connectivity index (χ4v) is 1.88. The first kappa shape index (κ1) is 15.4. The summed E-state index contributed by atoms with van der Waals surface area (Å²) in [5, 5.41) is 8.08. The van der Waals surface area contributed by atoms with Crippen LogP contribution in [0, 0.1) is 0 Å². The Bertz CT molecular complexity index is 513. The smallest absolute Gasteiger partial charge is 0.315 e. The van der Waals surface area contributed by atoms with Crippen molar-refractivity contribution in [3.8, 4) is 0 Å². The summed E-state index contributed by atoms with van der Waals surface area (Å²) in [5.41, 5.74) is 2.03. The van der Waals surface area contributed by atoms with Gasteiger partial charge in [0.2, 0.25) is 5.91 Å². The molecule has 1 fully saturated rings. The highest BCUT2D eigenvalue weighted by Crippen LogP contribution is 2.23. The van der Waals surface area contributed by atoms with E-state index < -0.39 is 0 Å². The van der Waals surface area contributed by atoms with E-state index in [0.29, 0.717) is 0 Å². The number of urea groups is 1. The topological polar surface area (TPSA) is 70.2 Å². The molecule has 1 saturated carbocycles. The number of benzene rings is 1. The van der Waals surface area contributed by atoms with E-state index in [1.165, 1.54) is 5.56 Å². The quantitative estimate of drug-likeness (QED) is 0.796. The van der Waals surface area contributed by atoms with E-state index in [1.807, 2.05) is 24.3 Å². The van der Waals surface area contributed by atoms with Crippen LogP contribution >= 0.6 is 0 Å². The van der Waals surface area contributed by atoms with Crippen LogP contribution in [0.3, 0.4) is 0 Å². The Morgan fingerprint density at radius 1 is 1.14 bits per heavy atom. The highest BCUT2D eigenvalue weighted by Gasteiger charge is 2.23. The molecule has 114 valence electrons. The molecule has 0 atom stereocenters. The molecule has 0 aliphatic heterocycles. The Morgan fingerprint density at radius 2 is 1.76 bits per heavy atom. The van der Waals surface area contributed by atoms with Crippen molar-refractivity contribution in [2.75, 3.05) is 11.9 Å². The van der Waals surface area contributed by atoms with Crippen molar-refractivity contribution in [3.05, 3.63) is 29.8 Å². The standard InChI is InChI=1S/C16H23N3O2/c1-16(2,3)11-4-6-12(7-5-11)18-14(20)10-17-15(21)19-13-8-9-13/h4-7,13H,8-10H2,1-3H3,(H,18,20)(H2,17,19,21). The molecule has 1 aliphatic carbocycles. The molecule has 0 heterocycles. The second kappa shape index (κ2) is 6.16. The molecule has 0 radical (unpaired) electrons. The van der Waals surface area contributed by atoms with Crippen molar-refractivity contribution < 1.29 is 9.59 Å². The Balaban J connectivity index is 1.77. The van der Waals surface area contributed by atoms with E-state index in [2.05, 4.69) is 36.7 Å². The van der Waals surface area contributed by atoms with Crippen LogP contribution in [0.25, 0.3) is 0 Å². The summed E-state index contributed by atoms with van der Waals surface area (Å²) in [5.74, 6) is -0.232. The molecule has 3 amide bonds. The molecule has 0 spiro atoms. The number of amides is 3. The number of carbonyl (C=O) groups excluding carboxylic acids is 2. The Hall–Kier alpha value is -2.04. The number of anilines is 1. The lowest BCUT2D eigenvalue weighted by atomic mass is 9.87. The first-order valence-electron chi connectivity index (χ1n) is 7.29. The second-order valence-electron chi connectivity index (χ2n) is 6.48. The van der Waals surface area contributed by atoms with Gasteiger partial charge in [0.1, 0.15) is 0 Å². The third-order valence-electron chi connectivity index (χ3n) is 3.36. The number of nitrogens with one attached hydrogen (secondary N) is 3. The Labute approximate surface area is 125 Å². The van der Waals surface area contributed by atoms with Crippen LogP contribution in [0.2, 0.25) is 0 Å². The van der Waals surface area contributed by atoms with Gasteiger partial charge in [-0.2, -0.15) is 0 Å². The van der Waals surface area contributed by atoms with Gasteiger partial charge in [0.15, 0.2) is 0 Å². The van der Waals surface area contributed by atoms with Crippen molar-refractivity contribution in [1.82, 2.24) is 10.6 Å². The minimum Gasteiger partial charge on any atom is -0.335 e. The van der Waals surface area contributed by atoms with E-state index in [0.717, 1.165) is 18.5 Å². The zero-order chi connectivity index (χ0) is 15.5. The lowest BCUT2D eigenvalue weighted by Gasteiger charge is -2.19. The van der Waals surface area contributed by atoms with Crippen LogP contribution in [0.1, 0.15) is 39.2 Å². The third kappa shape index (κ3) is 5.10. The summed E-state index contributed by atoms with van der Waals surface area (Å²) in [6.45, 7) is 6.40. The molecule has 0 saturated heterocycles. The number of hydrogen-bond acceptors (Lipinski definition) is 2. The molecule has 1 aromatic rings. The molecule has 21 heavy (non-hydrogen) atoms. The lowest BCUT2D eigenvalue weighted by Crippen LogP contribution is -2.40. The molecule has 1 aromatic carbocycles. The summed E-state index contributed by atoms with van der Waals surface area (Å²) in [6, 6.07) is 7.77. The molecule has 5 nitrogen and oxygen atoms in total. The van der Waals surface area contributed by atoms with Gasteiger partial charge in [-0.15, -0.1) is 0 Å². The second-order valence-corrected chi connectivity index (χ2v) is 6.48. The maximum absolute atomic E-state index is 11.7. The van der Waals surface area contributed by atoms with Crippen molar-refractivity contribution in [2.24, 2.45) is 0 Å². The molecule has 2 rings (SSSR count). The molecular formula is C16H23N3O2. The molecule has 0 aromatic heterocycles. The van der Waals surface area contributed by atoms with Gasteiger partial charge in [0.05, 0.1) is 6.54 Å². The van der Waals surface area contributed by atoms with Crippen LogP contribution in [0.5, 0.6) is 0 Å². The largest absolute Gasteiger partial charge is 0.335 e. The van der Waals surface area contributed by atoms with Gasteiger partial charge in [0.25, 0.3) is 0 Å². The predicted octanol–water partition coefficient (Wildman–Crippen LogP) is 2.38. The highest BCUT2D eigenvalue weighted by atomic mass is 16.2. The van der Waals surface area contributed by atoms with Crippen LogP contribution in [-0.4, -0.2) is 24.5 Å². The van der Waals surface area contributed by atoms with E-state index in [9.17, 15) is 9.59 Å². The summed E-state index contributed by atoms with van der Waals surface area (Å²) in [6.07, 6.45) is 2.06. The van der Waals surface area contributed by atoms with Gasteiger partial charge in [-0.3, -0.25) is 4.79 Å². The zero-order valence-electron chi connectivity index (χ0n) is 12.8. The average molecular weight is 289 g/mol. The molecule has 5 heteroatoms. The van der Waals surface area contributed by atoms with Crippen molar-refractivity contribution in [3.63, 3.8) is 0 Å². The SMILES string of the molecule is CC(C)(C)c1ccc(NC(=O)CNC(=O)NC2CC2)cc1. The van der Waals surface area contributed by atoms with Gasteiger partial charge >= 0.3 is 6.03 Å². The highest BCUT2D eigenvalue weighted by molar-refractivity contribution is 5.94. The molecule has 1 aliphatic rings. The molecular weight excluding hydrogens is 266 g/mol. The number of rotatable bonds is 4. The summed E-state index contributed by atoms with van der Waals surface area (Å²) >= 11 is 0. The average Bonchev–Trinajstić information content (AvgIpc) is 3.20. The Kier molecular flexibility index (Phi) is 4.50. The summed E-state index contributed by atoms with van der Waals surface area (Å²) < 4.78 is 0. The number of carbonyl (C=O) groups is 2. The van der Waals surface area contributed by atoms with Gasteiger partial charge in [-0.05, 0) is 36.0 Å². The fraction of sp³-hybridized carbons (Fsp3) is 0.500. The van der Waals surface area contributed by atoms with Crippen molar-refractivity contribution in [1.29, 1.82) is 0 Å². The van der Waals surface area contributed by atoms with Crippen molar-refractivity contribution >= 4 is 17.6 Å². The molecule has 3 N–H and O–H groups in total. The first-order valence-corrected chi connectivity index (χ1v) is 7.29. The zero-order valence-corrected chi connectivity index (χ0v) is 12.8. The molecule has 0 bridgehead atoms. The normalized spacial score (nSPS) is 14.4. The maximum Gasteiger partial charge on any atom is 0.315 e. The van der Waals surface area contributed by atoms with Gasteiger partial charge in [-0.25, -0.2) is 4.79 Å². The van der Waals surface area contributed by atoms with E-state index >= 15 is 0 Å². The third-order valence-corrected chi connectivity index (χ3v) is 3.36. The predicted molar refractivity (Wildman–Crippen MR) is 83.3 cm³/mol. The van der Waals surface area contributed by atoms with Crippen LogP contribution < -0.4 is 16.0 Å². The summed E-state index contributed by atoms with van der Waals surface area (Å²) in [4.78, 5) is 23.1. The van der Waals surface area contributed by atoms with Crippen LogP contribution in [0.15, 0.2) is 24.3 Å². The minimum atomic E-state index is -0.282. The number of hydrogen-bond donors (Lipinski definition) is 3.